The minimum absolute atomic E-state index is 0.0959. The molecule has 4 nitrogen and oxygen atoms in total. The first kappa shape index (κ1) is 14.5. The Labute approximate surface area is 108 Å². The molecule has 0 saturated carbocycles. The molecule has 0 aliphatic carbocycles. The Morgan fingerprint density at radius 1 is 1.22 bits per heavy atom. The summed E-state index contributed by atoms with van der Waals surface area (Å²) in [5.41, 5.74) is 0. The van der Waals surface area contributed by atoms with E-state index >= 15 is 0 Å². The molecule has 1 aliphatic heterocycles. The lowest BCUT2D eigenvalue weighted by Gasteiger charge is -2.32. The molecule has 1 aliphatic rings. The van der Waals surface area contributed by atoms with Gasteiger partial charge < -0.3 is 10.0 Å². The third-order valence-electron chi connectivity index (χ3n) is 3.41. The molecular formula is C14H21NO3. The van der Waals surface area contributed by atoms with Crippen LogP contribution in [0.5, 0.6) is 0 Å². The van der Waals surface area contributed by atoms with Crippen LogP contribution >= 0.6 is 0 Å². The van der Waals surface area contributed by atoms with E-state index in [9.17, 15) is 9.59 Å². The molecule has 0 atom stereocenters. The summed E-state index contributed by atoms with van der Waals surface area (Å²) in [6.07, 6.45) is 5.88. The highest BCUT2D eigenvalue weighted by molar-refractivity contribution is 5.79. The van der Waals surface area contributed by atoms with Gasteiger partial charge in [-0.3, -0.25) is 9.59 Å². The molecular weight excluding hydrogens is 230 g/mol. The summed E-state index contributed by atoms with van der Waals surface area (Å²) < 4.78 is 0. The van der Waals surface area contributed by atoms with Crippen LogP contribution in [0.3, 0.4) is 0 Å². The summed E-state index contributed by atoms with van der Waals surface area (Å²) in [4.78, 5) is 24.9. The van der Waals surface area contributed by atoms with Gasteiger partial charge in [0.05, 0.1) is 5.92 Å². The zero-order valence-electron chi connectivity index (χ0n) is 10.7. The van der Waals surface area contributed by atoms with Crippen molar-refractivity contribution in [3.05, 3.63) is 25.3 Å². The number of carbonyl (C=O) groups excluding carboxylic acids is 1. The number of allylic oxidation sites excluding steroid dienone is 2. The molecule has 0 radical (unpaired) electrons. The minimum Gasteiger partial charge on any atom is -0.481 e. The van der Waals surface area contributed by atoms with E-state index in [2.05, 4.69) is 13.2 Å². The number of likely N-dealkylation sites (tertiary alicyclic amines) is 1. The van der Waals surface area contributed by atoms with Gasteiger partial charge in [-0.05, 0) is 25.7 Å². The number of carbonyl (C=O) groups is 2. The van der Waals surface area contributed by atoms with E-state index in [0.717, 1.165) is 0 Å². The Balaban J connectivity index is 2.54. The number of aliphatic carboxylic acids is 1. The predicted molar refractivity (Wildman–Crippen MR) is 70.1 cm³/mol. The minimum atomic E-state index is -0.754. The number of rotatable bonds is 6. The third kappa shape index (κ3) is 3.72. The van der Waals surface area contributed by atoms with Crippen molar-refractivity contribution in [1.82, 2.24) is 4.90 Å². The van der Waals surface area contributed by atoms with Crippen molar-refractivity contribution in [2.45, 2.75) is 25.7 Å². The molecule has 100 valence electrons. The van der Waals surface area contributed by atoms with Crippen LogP contribution in [0.2, 0.25) is 0 Å². The van der Waals surface area contributed by atoms with Crippen LogP contribution in [0.15, 0.2) is 25.3 Å². The SMILES string of the molecule is C=CCC(CC=C)C(=O)N1CCC(C(=O)O)CC1. The predicted octanol–water partition coefficient (Wildman–Crippen LogP) is 2.08. The molecule has 1 heterocycles. The van der Waals surface area contributed by atoms with E-state index in [1.165, 1.54) is 0 Å². The maximum Gasteiger partial charge on any atom is 0.306 e. The van der Waals surface area contributed by atoms with Crippen molar-refractivity contribution in [1.29, 1.82) is 0 Å². The van der Waals surface area contributed by atoms with Gasteiger partial charge in [0.2, 0.25) is 5.91 Å². The lowest BCUT2D eigenvalue weighted by molar-refractivity contribution is -0.146. The van der Waals surface area contributed by atoms with Gasteiger partial charge in [0.25, 0.3) is 0 Å². The van der Waals surface area contributed by atoms with Crippen LogP contribution in [0.25, 0.3) is 0 Å². The average Bonchev–Trinajstić information content (AvgIpc) is 2.38. The van der Waals surface area contributed by atoms with Crippen molar-refractivity contribution in [2.24, 2.45) is 11.8 Å². The summed E-state index contributed by atoms with van der Waals surface area (Å²) in [5.74, 6) is -1.05. The maximum absolute atomic E-state index is 12.2. The highest BCUT2D eigenvalue weighted by Crippen LogP contribution is 2.21. The molecule has 0 aromatic heterocycles. The molecule has 1 amide bonds. The number of hydrogen-bond acceptors (Lipinski definition) is 2. The number of piperidine rings is 1. The number of hydrogen-bond donors (Lipinski definition) is 1. The smallest absolute Gasteiger partial charge is 0.306 e. The first-order valence-electron chi connectivity index (χ1n) is 6.33. The lowest BCUT2D eigenvalue weighted by Crippen LogP contribution is -2.43. The Morgan fingerprint density at radius 2 is 1.72 bits per heavy atom. The van der Waals surface area contributed by atoms with Crippen LogP contribution in [0.1, 0.15) is 25.7 Å². The highest BCUT2D eigenvalue weighted by Gasteiger charge is 2.29. The van der Waals surface area contributed by atoms with Crippen LogP contribution in [0, 0.1) is 11.8 Å². The van der Waals surface area contributed by atoms with E-state index in [-0.39, 0.29) is 17.7 Å². The fraction of sp³-hybridized carbons (Fsp3) is 0.571. The quantitative estimate of drug-likeness (QED) is 0.735. The largest absolute Gasteiger partial charge is 0.481 e. The molecule has 0 spiro atoms. The molecule has 18 heavy (non-hydrogen) atoms. The Hall–Kier alpha value is -1.58. The van der Waals surface area contributed by atoms with Gasteiger partial charge in [-0.25, -0.2) is 0 Å². The Kier molecular flexibility index (Phi) is 5.62. The molecule has 0 unspecified atom stereocenters. The van der Waals surface area contributed by atoms with Gasteiger partial charge in [-0.15, -0.1) is 13.2 Å². The van der Waals surface area contributed by atoms with Gasteiger partial charge in [0.1, 0.15) is 0 Å². The molecule has 0 aromatic rings. The number of carboxylic acid groups (broad SMARTS) is 1. The first-order valence-corrected chi connectivity index (χ1v) is 6.33. The van der Waals surface area contributed by atoms with Crippen LogP contribution in [0.4, 0.5) is 0 Å². The fourth-order valence-electron chi connectivity index (χ4n) is 2.31. The second-order valence-electron chi connectivity index (χ2n) is 4.68. The van der Waals surface area contributed by atoms with Crippen LogP contribution < -0.4 is 0 Å². The van der Waals surface area contributed by atoms with Crippen LogP contribution in [-0.2, 0) is 9.59 Å². The Bertz CT molecular complexity index is 320. The highest BCUT2D eigenvalue weighted by atomic mass is 16.4. The standard InChI is InChI=1S/C14H21NO3/c1-3-5-11(6-4-2)13(16)15-9-7-12(8-10-15)14(17)18/h3-4,11-12H,1-2,5-10H2,(H,17,18). The van der Waals surface area contributed by atoms with E-state index in [1.807, 2.05) is 0 Å². The third-order valence-corrected chi connectivity index (χ3v) is 3.41. The summed E-state index contributed by atoms with van der Waals surface area (Å²) in [6.45, 7) is 8.41. The molecule has 1 fully saturated rings. The number of amides is 1. The summed E-state index contributed by atoms with van der Waals surface area (Å²) in [6, 6.07) is 0. The first-order chi connectivity index (χ1) is 8.60. The van der Waals surface area contributed by atoms with Gasteiger partial charge in [-0.1, -0.05) is 12.2 Å². The number of nitrogens with zero attached hydrogens (tertiary/aromatic N) is 1. The van der Waals surface area contributed by atoms with Gasteiger partial charge in [-0.2, -0.15) is 0 Å². The topological polar surface area (TPSA) is 57.6 Å². The second-order valence-corrected chi connectivity index (χ2v) is 4.68. The van der Waals surface area contributed by atoms with Crippen molar-refractivity contribution >= 4 is 11.9 Å². The summed E-state index contributed by atoms with van der Waals surface area (Å²) in [7, 11) is 0. The van der Waals surface area contributed by atoms with E-state index in [1.54, 1.807) is 17.1 Å². The van der Waals surface area contributed by atoms with Crippen molar-refractivity contribution in [2.75, 3.05) is 13.1 Å². The van der Waals surface area contributed by atoms with Crippen molar-refractivity contribution in [3.8, 4) is 0 Å². The van der Waals surface area contributed by atoms with Gasteiger partial charge in [0.15, 0.2) is 0 Å². The number of carboxylic acids is 1. The monoisotopic (exact) mass is 251 g/mol. The second kappa shape index (κ2) is 6.99. The van der Waals surface area contributed by atoms with E-state index < -0.39 is 5.97 Å². The fourth-order valence-corrected chi connectivity index (χ4v) is 2.31. The Morgan fingerprint density at radius 3 is 2.11 bits per heavy atom. The van der Waals surface area contributed by atoms with Crippen molar-refractivity contribution < 1.29 is 14.7 Å². The molecule has 1 rings (SSSR count). The van der Waals surface area contributed by atoms with Gasteiger partial charge in [0, 0.05) is 19.0 Å². The maximum atomic E-state index is 12.2. The van der Waals surface area contributed by atoms with Crippen molar-refractivity contribution in [3.63, 3.8) is 0 Å². The normalized spacial score (nSPS) is 16.6. The van der Waals surface area contributed by atoms with E-state index in [4.69, 9.17) is 5.11 Å². The average molecular weight is 251 g/mol. The molecule has 0 aromatic carbocycles. The zero-order chi connectivity index (χ0) is 13.5. The lowest BCUT2D eigenvalue weighted by atomic mass is 9.94. The van der Waals surface area contributed by atoms with Crippen LogP contribution in [-0.4, -0.2) is 35.0 Å². The molecule has 1 N–H and O–H groups in total. The summed E-state index contributed by atoms with van der Waals surface area (Å²) in [5, 5.41) is 8.91. The summed E-state index contributed by atoms with van der Waals surface area (Å²) >= 11 is 0. The van der Waals surface area contributed by atoms with Gasteiger partial charge >= 0.3 is 5.97 Å². The molecule has 1 saturated heterocycles. The molecule has 0 bridgehead atoms. The molecule has 4 heteroatoms. The zero-order valence-corrected chi connectivity index (χ0v) is 10.7. The van der Waals surface area contributed by atoms with E-state index in [0.29, 0.717) is 38.8 Å².